The Morgan fingerprint density at radius 3 is 2.56 bits per heavy atom. The van der Waals surface area contributed by atoms with Crippen LogP contribution in [0.25, 0.3) is 32.9 Å². The first kappa shape index (κ1) is 31.4. The van der Waals surface area contributed by atoms with Crippen molar-refractivity contribution >= 4 is 34.5 Å². The van der Waals surface area contributed by atoms with Gasteiger partial charge in [-0.3, -0.25) is 0 Å². The normalized spacial score (nSPS) is 19.4. The van der Waals surface area contributed by atoms with Gasteiger partial charge < -0.3 is 28.8 Å². The number of benzene rings is 1. The second-order valence-corrected chi connectivity index (χ2v) is 13.9. The molecule has 45 heavy (non-hydrogen) atoms. The third-order valence-electron chi connectivity index (χ3n) is 8.40. The van der Waals surface area contributed by atoms with Gasteiger partial charge in [-0.15, -0.1) is 0 Å². The van der Waals surface area contributed by atoms with E-state index in [0.29, 0.717) is 70.5 Å². The highest BCUT2D eigenvalue weighted by Crippen LogP contribution is 2.45. The van der Waals surface area contributed by atoms with Crippen molar-refractivity contribution in [3.8, 4) is 27.6 Å². The largest absolute Gasteiger partial charge is 0.490 e. The first-order chi connectivity index (χ1) is 21.2. The lowest BCUT2D eigenvalue weighted by atomic mass is 9.86. The predicted octanol–water partition coefficient (Wildman–Crippen LogP) is 6.39. The molecule has 240 valence electrons. The number of carboxylic acids is 1. The lowest BCUT2D eigenvalue weighted by molar-refractivity contribution is -0.160. The number of aromatic nitrogens is 4. The number of ether oxygens (including phenoxy) is 3. The second-order valence-electron chi connectivity index (χ2n) is 13.1. The van der Waals surface area contributed by atoms with Crippen LogP contribution in [-0.2, 0) is 27.7 Å². The van der Waals surface area contributed by atoms with E-state index in [9.17, 15) is 9.90 Å². The topological polar surface area (TPSA) is 112 Å². The van der Waals surface area contributed by atoms with Crippen molar-refractivity contribution in [1.82, 2.24) is 18.9 Å². The summed E-state index contributed by atoms with van der Waals surface area (Å²) in [5.74, 6) is -0.701. The van der Waals surface area contributed by atoms with Crippen LogP contribution in [0.5, 0.6) is 5.75 Å². The fourth-order valence-corrected chi connectivity index (χ4v) is 7.30. The van der Waals surface area contributed by atoms with Crippen molar-refractivity contribution in [2.75, 3.05) is 24.6 Å². The number of halogens is 1. The number of anilines is 1. The number of pyridine rings is 1. The maximum absolute atomic E-state index is 15.7. The number of fused-ring (bicyclic) bond motifs is 2. The predicted molar refractivity (Wildman–Crippen MR) is 172 cm³/mol. The van der Waals surface area contributed by atoms with Gasteiger partial charge in [0.05, 0.1) is 30.1 Å². The molecule has 1 fully saturated rings. The van der Waals surface area contributed by atoms with Crippen LogP contribution in [0.1, 0.15) is 69.5 Å². The lowest BCUT2D eigenvalue weighted by Gasteiger charge is -2.34. The molecule has 2 aliphatic heterocycles. The molecule has 5 heterocycles. The summed E-state index contributed by atoms with van der Waals surface area (Å²) in [6.45, 7) is 15.1. The molecular formula is C33H40FN5O5S. The van der Waals surface area contributed by atoms with Crippen LogP contribution < -0.4 is 9.64 Å². The number of hydrogen-bond acceptors (Lipinski definition) is 9. The molecule has 0 radical (unpaired) electrons. The second kappa shape index (κ2) is 11.6. The molecule has 0 unspecified atom stereocenters. The summed E-state index contributed by atoms with van der Waals surface area (Å²) in [5.41, 5.74) is 4.34. The third-order valence-corrected chi connectivity index (χ3v) is 9.13. The molecule has 0 aliphatic carbocycles. The van der Waals surface area contributed by atoms with E-state index in [1.807, 2.05) is 59.2 Å². The Balaban J connectivity index is 1.59. The van der Waals surface area contributed by atoms with E-state index in [1.165, 1.54) is 17.6 Å². The number of carbonyl (C=O) groups is 1. The Morgan fingerprint density at radius 1 is 1.18 bits per heavy atom. The van der Waals surface area contributed by atoms with Crippen molar-refractivity contribution in [1.29, 1.82) is 0 Å². The highest BCUT2D eigenvalue weighted by Gasteiger charge is 2.35. The molecule has 6 rings (SSSR count). The van der Waals surface area contributed by atoms with Crippen LogP contribution in [0.3, 0.4) is 0 Å². The van der Waals surface area contributed by atoms with Gasteiger partial charge in [0.25, 0.3) is 0 Å². The van der Waals surface area contributed by atoms with E-state index >= 15 is 4.39 Å². The van der Waals surface area contributed by atoms with Crippen molar-refractivity contribution in [2.24, 2.45) is 7.05 Å². The fourth-order valence-electron chi connectivity index (χ4n) is 6.57. The number of morpholine rings is 1. The Labute approximate surface area is 266 Å². The number of aryl methyl sites for hydroxylation is 2. The van der Waals surface area contributed by atoms with Gasteiger partial charge in [0.15, 0.2) is 22.7 Å². The summed E-state index contributed by atoms with van der Waals surface area (Å²) >= 11 is 1.29. The zero-order valence-electron chi connectivity index (χ0n) is 27.0. The summed E-state index contributed by atoms with van der Waals surface area (Å²) in [7, 11) is 1.90. The number of rotatable bonds is 6. The van der Waals surface area contributed by atoms with E-state index in [2.05, 4.69) is 9.27 Å². The Kier molecular flexibility index (Phi) is 8.11. The smallest absolute Gasteiger partial charge is 0.337 e. The van der Waals surface area contributed by atoms with Gasteiger partial charge in [0, 0.05) is 47.9 Å². The van der Waals surface area contributed by atoms with E-state index in [-0.39, 0.29) is 18.0 Å². The summed E-state index contributed by atoms with van der Waals surface area (Å²) in [4.78, 5) is 24.8. The number of aliphatic carboxylic acids is 1. The monoisotopic (exact) mass is 637 g/mol. The van der Waals surface area contributed by atoms with Gasteiger partial charge in [-0.25, -0.2) is 14.2 Å². The summed E-state index contributed by atoms with van der Waals surface area (Å²) in [6.07, 6.45) is 0.231. The molecular weight excluding hydrogens is 597 g/mol. The van der Waals surface area contributed by atoms with Crippen LogP contribution in [-0.4, -0.2) is 67.5 Å². The highest BCUT2D eigenvalue weighted by atomic mass is 32.1. The molecule has 0 amide bonds. The van der Waals surface area contributed by atoms with Crippen LogP contribution in [0, 0.1) is 19.7 Å². The Hall–Kier alpha value is -3.61. The minimum absolute atomic E-state index is 0.0645. The molecule has 12 heteroatoms. The third kappa shape index (κ3) is 5.79. The van der Waals surface area contributed by atoms with Gasteiger partial charge in [-0.05, 0) is 96.1 Å². The van der Waals surface area contributed by atoms with Gasteiger partial charge in [0.1, 0.15) is 5.65 Å². The molecule has 4 aromatic rings. The Bertz CT molecular complexity index is 1780. The average molecular weight is 638 g/mol. The lowest BCUT2D eigenvalue weighted by Crippen LogP contribution is -2.45. The molecule has 0 saturated carbocycles. The maximum Gasteiger partial charge on any atom is 0.337 e. The van der Waals surface area contributed by atoms with Crippen LogP contribution in [0.2, 0.25) is 0 Å². The van der Waals surface area contributed by atoms with Gasteiger partial charge in [0.2, 0.25) is 5.95 Å². The zero-order valence-corrected chi connectivity index (χ0v) is 27.8. The summed E-state index contributed by atoms with van der Waals surface area (Å²) < 4.78 is 40.1. The average Bonchev–Trinajstić information content (AvgIpc) is 3.57. The minimum Gasteiger partial charge on any atom is -0.490 e. The highest BCUT2D eigenvalue weighted by molar-refractivity contribution is 7.09. The van der Waals surface area contributed by atoms with Crippen molar-refractivity contribution < 1.29 is 28.5 Å². The fraction of sp³-hybridized carbons (Fsp3) is 0.515. The number of hydrogen-bond donors (Lipinski definition) is 1. The molecule has 10 nitrogen and oxygen atoms in total. The summed E-state index contributed by atoms with van der Waals surface area (Å²) in [6, 6.07) is 3.42. The van der Waals surface area contributed by atoms with Gasteiger partial charge in [-0.2, -0.15) is 9.36 Å². The molecule has 3 atom stereocenters. The number of nitrogens with zero attached hydrogens (tertiary/aromatic N) is 5. The van der Waals surface area contributed by atoms with Gasteiger partial charge in [-0.1, -0.05) is 0 Å². The first-order valence-corrected chi connectivity index (χ1v) is 16.1. The Morgan fingerprint density at radius 2 is 1.89 bits per heavy atom. The summed E-state index contributed by atoms with van der Waals surface area (Å²) in [5, 5.41) is 11.9. The molecule has 1 aromatic carbocycles. The molecule has 0 bridgehead atoms. The van der Waals surface area contributed by atoms with E-state index < -0.39 is 23.5 Å². The molecule has 0 spiro atoms. The van der Waals surface area contributed by atoms with Gasteiger partial charge >= 0.3 is 5.97 Å². The molecule has 1 saturated heterocycles. The van der Waals surface area contributed by atoms with Crippen molar-refractivity contribution in [2.45, 2.75) is 85.2 Å². The first-order valence-electron chi connectivity index (χ1n) is 15.3. The molecule has 2 aliphatic rings. The zero-order chi connectivity index (χ0) is 32.4. The maximum atomic E-state index is 15.7. The quantitative estimate of drug-likeness (QED) is 0.257. The minimum atomic E-state index is -1.34. The van der Waals surface area contributed by atoms with E-state index in [4.69, 9.17) is 24.2 Å². The van der Waals surface area contributed by atoms with E-state index in [0.717, 1.165) is 23.2 Å². The SMILES string of the molecule is Cc1nc2c(cc(-c3nc(N4C[C@@H](C)O[C@@H](C)C4)ns3)n2C)c(-c2cc(F)c3c(c2C)CCCO3)c1[C@H](OC(C)(C)C)C(=O)O. The molecule has 3 aromatic heterocycles. The molecule has 1 N–H and O–H groups in total. The van der Waals surface area contributed by atoms with Crippen LogP contribution in [0.15, 0.2) is 12.1 Å². The standard InChI is InChI=1S/C33H40FN5O5S/c1-16-14-39(15-17(2)43-16)32-36-30(45-37-32)24-13-22-26(21-12-23(34)27-20(18(21)3)10-9-11-42-27)25(19(4)35-29(22)38(24)8)28(31(40)41)44-33(5,6)7/h12-13,16-17,28H,9-11,14-15H2,1-8H3,(H,40,41)/t16-,17+,28-/m0/s1. The van der Waals surface area contributed by atoms with Crippen LogP contribution in [0.4, 0.5) is 10.3 Å². The van der Waals surface area contributed by atoms with E-state index in [1.54, 1.807) is 6.92 Å². The van der Waals surface area contributed by atoms with Crippen LogP contribution >= 0.6 is 11.5 Å². The number of carboxylic acid groups (broad SMARTS) is 1. The van der Waals surface area contributed by atoms with Crippen molar-refractivity contribution in [3.05, 3.63) is 40.3 Å². The van der Waals surface area contributed by atoms with Crippen molar-refractivity contribution in [3.63, 3.8) is 0 Å².